The van der Waals surface area contributed by atoms with Gasteiger partial charge in [-0.1, -0.05) is 12.1 Å². The van der Waals surface area contributed by atoms with Crippen LogP contribution in [0.25, 0.3) is 5.69 Å². The SMILES string of the molecule is COc1cccc(-n2nc(C(=O)Nc3cccc(NC(C)=O)c3)cc2C2CC2)c1. The molecule has 1 heterocycles. The summed E-state index contributed by atoms with van der Waals surface area (Å²) in [4.78, 5) is 24.0. The molecule has 4 rings (SSSR count). The third kappa shape index (κ3) is 4.29. The first-order chi connectivity index (χ1) is 14.0. The lowest BCUT2D eigenvalue weighted by Gasteiger charge is -2.08. The number of amides is 2. The maximum Gasteiger partial charge on any atom is 0.276 e. The number of carbonyl (C=O) groups excluding carboxylic acids is 2. The minimum atomic E-state index is -0.298. The van der Waals surface area contributed by atoms with Crippen molar-refractivity contribution in [3.63, 3.8) is 0 Å². The number of nitrogens with one attached hydrogen (secondary N) is 2. The maximum atomic E-state index is 12.8. The van der Waals surface area contributed by atoms with Crippen molar-refractivity contribution >= 4 is 23.2 Å². The number of anilines is 2. The number of rotatable bonds is 6. The molecule has 0 radical (unpaired) electrons. The lowest BCUT2D eigenvalue weighted by molar-refractivity contribution is -0.114. The van der Waals surface area contributed by atoms with Crippen molar-refractivity contribution in [3.05, 3.63) is 66.0 Å². The summed E-state index contributed by atoms with van der Waals surface area (Å²) in [6.45, 7) is 1.44. The van der Waals surface area contributed by atoms with Gasteiger partial charge in [-0.15, -0.1) is 0 Å². The van der Waals surface area contributed by atoms with Gasteiger partial charge < -0.3 is 15.4 Å². The van der Waals surface area contributed by atoms with Crippen molar-refractivity contribution in [2.75, 3.05) is 17.7 Å². The Kier molecular flexibility index (Phi) is 5.03. The van der Waals surface area contributed by atoms with Crippen LogP contribution in [0.1, 0.15) is 41.9 Å². The molecule has 7 nitrogen and oxygen atoms in total. The molecule has 148 valence electrons. The minimum absolute atomic E-state index is 0.167. The predicted molar refractivity (Wildman–Crippen MR) is 111 cm³/mol. The molecule has 3 aromatic rings. The van der Waals surface area contributed by atoms with Crippen LogP contribution in [-0.2, 0) is 4.79 Å². The minimum Gasteiger partial charge on any atom is -0.497 e. The molecule has 1 saturated carbocycles. The molecule has 2 aromatic carbocycles. The lowest BCUT2D eigenvalue weighted by Crippen LogP contribution is -2.13. The smallest absolute Gasteiger partial charge is 0.276 e. The van der Waals surface area contributed by atoms with Crippen LogP contribution in [-0.4, -0.2) is 28.7 Å². The number of nitrogens with zero attached hydrogens (tertiary/aromatic N) is 2. The molecule has 0 spiro atoms. The second kappa shape index (κ2) is 7.79. The summed E-state index contributed by atoms with van der Waals surface area (Å²) in [6.07, 6.45) is 2.19. The van der Waals surface area contributed by atoms with E-state index in [1.165, 1.54) is 6.92 Å². The van der Waals surface area contributed by atoms with Gasteiger partial charge in [-0.05, 0) is 49.2 Å². The number of hydrogen-bond acceptors (Lipinski definition) is 4. The highest BCUT2D eigenvalue weighted by molar-refractivity contribution is 6.03. The molecule has 7 heteroatoms. The number of methoxy groups -OCH3 is 1. The highest BCUT2D eigenvalue weighted by atomic mass is 16.5. The maximum absolute atomic E-state index is 12.8. The van der Waals surface area contributed by atoms with Crippen LogP contribution in [0.2, 0.25) is 0 Å². The molecule has 2 N–H and O–H groups in total. The highest BCUT2D eigenvalue weighted by Gasteiger charge is 2.30. The molecule has 1 aliphatic carbocycles. The van der Waals surface area contributed by atoms with Crippen LogP contribution in [0.15, 0.2) is 54.6 Å². The van der Waals surface area contributed by atoms with Gasteiger partial charge in [0.05, 0.1) is 12.8 Å². The van der Waals surface area contributed by atoms with Crippen molar-refractivity contribution in [1.82, 2.24) is 9.78 Å². The van der Waals surface area contributed by atoms with Gasteiger partial charge in [0.1, 0.15) is 5.75 Å². The van der Waals surface area contributed by atoms with Crippen LogP contribution >= 0.6 is 0 Å². The largest absolute Gasteiger partial charge is 0.497 e. The highest BCUT2D eigenvalue weighted by Crippen LogP contribution is 2.41. The first-order valence-electron chi connectivity index (χ1n) is 9.47. The summed E-state index contributed by atoms with van der Waals surface area (Å²) in [5.41, 5.74) is 3.44. The molecule has 1 aromatic heterocycles. The fourth-order valence-corrected chi connectivity index (χ4v) is 3.20. The second-order valence-electron chi connectivity index (χ2n) is 7.06. The number of benzene rings is 2. The van der Waals surface area contributed by atoms with Crippen molar-refractivity contribution < 1.29 is 14.3 Å². The Morgan fingerprint density at radius 2 is 1.76 bits per heavy atom. The molecular formula is C22H22N4O3. The van der Waals surface area contributed by atoms with E-state index in [1.54, 1.807) is 31.4 Å². The Labute approximate surface area is 168 Å². The van der Waals surface area contributed by atoms with Gasteiger partial charge in [0.15, 0.2) is 5.69 Å². The molecular weight excluding hydrogens is 368 g/mol. The molecule has 0 saturated heterocycles. The van der Waals surface area contributed by atoms with E-state index in [2.05, 4.69) is 15.7 Å². The van der Waals surface area contributed by atoms with Gasteiger partial charge in [-0.2, -0.15) is 5.10 Å². The zero-order chi connectivity index (χ0) is 20.4. The Morgan fingerprint density at radius 1 is 1.03 bits per heavy atom. The van der Waals surface area contributed by atoms with Crippen LogP contribution in [0.5, 0.6) is 5.75 Å². The Bertz CT molecular complexity index is 1070. The monoisotopic (exact) mass is 390 g/mol. The molecule has 29 heavy (non-hydrogen) atoms. The number of hydrogen-bond donors (Lipinski definition) is 2. The Morgan fingerprint density at radius 3 is 2.45 bits per heavy atom. The first-order valence-corrected chi connectivity index (χ1v) is 9.47. The summed E-state index contributed by atoms with van der Waals surface area (Å²) in [5, 5.41) is 10.1. The van der Waals surface area contributed by atoms with E-state index in [4.69, 9.17) is 4.74 Å². The van der Waals surface area contributed by atoms with Crippen LogP contribution in [0.3, 0.4) is 0 Å². The summed E-state index contributed by atoms with van der Waals surface area (Å²) >= 11 is 0. The molecule has 0 atom stereocenters. The molecule has 2 amide bonds. The summed E-state index contributed by atoms with van der Waals surface area (Å²) in [5.74, 6) is 0.687. The lowest BCUT2D eigenvalue weighted by atomic mass is 10.2. The third-order valence-corrected chi connectivity index (χ3v) is 4.70. The average Bonchev–Trinajstić information content (AvgIpc) is 3.45. The summed E-state index contributed by atoms with van der Waals surface area (Å²) in [6, 6.07) is 16.5. The number of ether oxygens (including phenoxy) is 1. The van der Waals surface area contributed by atoms with E-state index in [1.807, 2.05) is 35.0 Å². The topological polar surface area (TPSA) is 85.2 Å². The fourth-order valence-electron chi connectivity index (χ4n) is 3.20. The van der Waals surface area contributed by atoms with E-state index in [0.29, 0.717) is 23.0 Å². The van der Waals surface area contributed by atoms with E-state index in [-0.39, 0.29) is 11.8 Å². The fraction of sp³-hybridized carbons (Fsp3) is 0.227. The normalized spacial score (nSPS) is 13.0. The standard InChI is InChI=1S/C22H22N4O3/c1-14(27)23-16-5-3-6-17(11-16)24-22(28)20-13-21(15-9-10-15)26(25-20)18-7-4-8-19(12-18)29-2/h3-8,11-13,15H,9-10H2,1-2H3,(H,23,27)(H,24,28). The zero-order valence-electron chi connectivity index (χ0n) is 16.3. The van der Waals surface area contributed by atoms with Crippen molar-refractivity contribution in [1.29, 1.82) is 0 Å². The van der Waals surface area contributed by atoms with Crippen LogP contribution in [0, 0.1) is 0 Å². The van der Waals surface area contributed by atoms with Crippen LogP contribution < -0.4 is 15.4 Å². The average molecular weight is 390 g/mol. The quantitative estimate of drug-likeness (QED) is 0.667. The Hall–Kier alpha value is -3.61. The van der Waals surface area contributed by atoms with Gasteiger partial charge in [0, 0.05) is 36.0 Å². The second-order valence-corrected chi connectivity index (χ2v) is 7.06. The van der Waals surface area contributed by atoms with Crippen LogP contribution in [0.4, 0.5) is 11.4 Å². The van der Waals surface area contributed by atoms with Crippen molar-refractivity contribution in [2.45, 2.75) is 25.7 Å². The third-order valence-electron chi connectivity index (χ3n) is 4.70. The molecule has 1 aliphatic rings. The molecule has 1 fully saturated rings. The van der Waals surface area contributed by atoms with E-state index < -0.39 is 0 Å². The van der Waals surface area contributed by atoms with E-state index >= 15 is 0 Å². The predicted octanol–water partition coefficient (Wildman–Crippen LogP) is 3.97. The molecule has 0 bridgehead atoms. The van der Waals surface area contributed by atoms with Crippen molar-refractivity contribution in [3.8, 4) is 11.4 Å². The van der Waals surface area contributed by atoms with Gasteiger partial charge in [0.2, 0.25) is 5.91 Å². The zero-order valence-corrected chi connectivity index (χ0v) is 16.3. The van der Waals surface area contributed by atoms with Gasteiger partial charge >= 0.3 is 0 Å². The number of carbonyl (C=O) groups is 2. The van der Waals surface area contributed by atoms with Crippen molar-refractivity contribution in [2.24, 2.45) is 0 Å². The van der Waals surface area contributed by atoms with E-state index in [9.17, 15) is 9.59 Å². The Balaban J connectivity index is 1.60. The first kappa shape index (κ1) is 18.7. The van der Waals surface area contributed by atoms with Gasteiger partial charge in [-0.3, -0.25) is 9.59 Å². The van der Waals surface area contributed by atoms with Gasteiger partial charge in [-0.25, -0.2) is 4.68 Å². The molecule has 0 aliphatic heterocycles. The number of aromatic nitrogens is 2. The van der Waals surface area contributed by atoms with Gasteiger partial charge in [0.25, 0.3) is 5.91 Å². The van der Waals surface area contributed by atoms with E-state index in [0.717, 1.165) is 30.0 Å². The summed E-state index contributed by atoms with van der Waals surface area (Å²) in [7, 11) is 1.62. The molecule has 0 unspecified atom stereocenters. The summed E-state index contributed by atoms with van der Waals surface area (Å²) < 4.78 is 7.14.